The van der Waals surface area contributed by atoms with Crippen LogP contribution in [-0.4, -0.2) is 14.6 Å². The van der Waals surface area contributed by atoms with Gasteiger partial charge in [0.25, 0.3) is 0 Å². The van der Waals surface area contributed by atoms with E-state index in [9.17, 15) is 9.65 Å². The van der Waals surface area contributed by atoms with Gasteiger partial charge in [0.15, 0.2) is 5.65 Å². The average Bonchev–Trinajstić information content (AvgIpc) is 3.05. The quantitative estimate of drug-likeness (QED) is 0.495. The predicted molar refractivity (Wildman–Crippen MR) is 99.1 cm³/mol. The average molecular weight is 360 g/mol. The van der Waals surface area contributed by atoms with Gasteiger partial charge in [-0.25, -0.2) is 13.9 Å². The summed E-state index contributed by atoms with van der Waals surface area (Å²) < 4.78 is 14.9. The minimum atomic E-state index is -0.295. The molecule has 6 heteroatoms. The summed E-state index contributed by atoms with van der Waals surface area (Å²) in [5, 5.41) is 14.8. The molecule has 0 amide bonds. The summed E-state index contributed by atoms with van der Waals surface area (Å²) in [6.45, 7) is 0. The molecule has 0 radical (unpaired) electrons. The Labute approximate surface area is 153 Å². The van der Waals surface area contributed by atoms with Crippen LogP contribution in [0.5, 0.6) is 0 Å². The lowest BCUT2D eigenvalue weighted by atomic mass is 10.1. The van der Waals surface area contributed by atoms with Crippen LogP contribution in [0.15, 0.2) is 71.9 Å². The Bertz CT molecular complexity index is 1100. The standard InChI is InChI=1S/C20H13FN4S/c21-16-8-6-15(7-9-16)18-10-11-23-19-17(12-22)20(24-25(18)19)26-13-14-4-2-1-3-5-14/h1-11H,13H2. The number of nitriles is 1. The van der Waals surface area contributed by atoms with Gasteiger partial charge in [-0.05, 0) is 35.9 Å². The summed E-state index contributed by atoms with van der Waals surface area (Å²) in [6, 6.07) is 20.2. The molecule has 0 bridgehead atoms. The van der Waals surface area contributed by atoms with E-state index in [-0.39, 0.29) is 5.82 Å². The first-order valence-electron chi connectivity index (χ1n) is 7.97. The second-order valence-electron chi connectivity index (χ2n) is 5.64. The topological polar surface area (TPSA) is 54.0 Å². The van der Waals surface area contributed by atoms with Crippen LogP contribution in [-0.2, 0) is 5.75 Å². The normalized spacial score (nSPS) is 10.8. The first kappa shape index (κ1) is 16.3. The van der Waals surface area contributed by atoms with Crippen molar-refractivity contribution < 1.29 is 4.39 Å². The summed E-state index contributed by atoms with van der Waals surface area (Å²) >= 11 is 1.50. The summed E-state index contributed by atoms with van der Waals surface area (Å²) in [6.07, 6.45) is 1.64. The van der Waals surface area contributed by atoms with E-state index in [0.29, 0.717) is 22.0 Å². The molecule has 0 spiro atoms. The third-order valence-electron chi connectivity index (χ3n) is 3.96. The molecule has 0 aliphatic heterocycles. The Kier molecular flexibility index (Phi) is 4.38. The van der Waals surface area contributed by atoms with Crippen molar-refractivity contribution in [3.63, 3.8) is 0 Å². The zero-order chi connectivity index (χ0) is 17.9. The number of fused-ring (bicyclic) bond motifs is 1. The van der Waals surface area contributed by atoms with Gasteiger partial charge in [-0.15, -0.1) is 0 Å². The number of thioether (sulfide) groups is 1. The SMILES string of the molecule is N#Cc1c(SCc2ccccc2)nn2c(-c3ccc(F)cc3)ccnc12. The van der Waals surface area contributed by atoms with Crippen LogP contribution in [0.4, 0.5) is 4.39 Å². The Balaban J connectivity index is 1.76. The number of benzene rings is 2. The highest BCUT2D eigenvalue weighted by molar-refractivity contribution is 7.98. The maximum atomic E-state index is 13.2. The molecule has 0 unspecified atom stereocenters. The minimum absolute atomic E-state index is 0.295. The number of aromatic nitrogens is 3. The van der Waals surface area contributed by atoms with E-state index >= 15 is 0 Å². The van der Waals surface area contributed by atoms with Crippen molar-refractivity contribution in [2.24, 2.45) is 0 Å². The van der Waals surface area contributed by atoms with Gasteiger partial charge in [-0.1, -0.05) is 42.1 Å². The van der Waals surface area contributed by atoms with Crippen molar-refractivity contribution in [1.29, 1.82) is 5.26 Å². The van der Waals surface area contributed by atoms with Gasteiger partial charge < -0.3 is 0 Å². The van der Waals surface area contributed by atoms with Gasteiger partial charge in [-0.2, -0.15) is 10.4 Å². The van der Waals surface area contributed by atoms with Crippen LogP contribution >= 0.6 is 11.8 Å². The molecule has 26 heavy (non-hydrogen) atoms. The number of halogens is 1. The molecular weight excluding hydrogens is 347 g/mol. The number of hydrogen-bond acceptors (Lipinski definition) is 4. The summed E-state index contributed by atoms with van der Waals surface area (Å²) in [5.74, 6) is 0.419. The second kappa shape index (κ2) is 6.98. The van der Waals surface area contributed by atoms with Crippen molar-refractivity contribution in [1.82, 2.24) is 14.6 Å². The van der Waals surface area contributed by atoms with E-state index in [2.05, 4.69) is 16.2 Å². The Hall–Kier alpha value is -3.17. The van der Waals surface area contributed by atoms with Gasteiger partial charge in [0.1, 0.15) is 22.5 Å². The molecule has 0 aliphatic carbocycles. The Morgan fingerprint density at radius 2 is 1.81 bits per heavy atom. The van der Waals surface area contributed by atoms with Gasteiger partial charge >= 0.3 is 0 Å². The summed E-state index contributed by atoms with van der Waals surface area (Å²) in [7, 11) is 0. The highest BCUT2D eigenvalue weighted by Gasteiger charge is 2.17. The molecule has 0 atom stereocenters. The van der Waals surface area contributed by atoms with Crippen LogP contribution in [0.3, 0.4) is 0 Å². The van der Waals surface area contributed by atoms with E-state index in [0.717, 1.165) is 16.8 Å². The largest absolute Gasteiger partial charge is 0.236 e. The molecule has 2 aromatic carbocycles. The van der Waals surface area contributed by atoms with Crippen LogP contribution in [0.25, 0.3) is 16.9 Å². The molecule has 0 saturated carbocycles. The molecule has 0 N–H and O–H groups in total. The van der Waals surface area contributed by atoms with E-state index in [1.54, 1.807) is 28.9 Å². The number of rotatable bonds is 4. The first-order chi connectivity index (χ1) is 12.8. The van der Waals surface area contributed by atoms with Gasteiger partial charge in [0, 0.05) is 17.5 Å². The molecule has 126 valence electrons. The fourth-order valence-corrected chi connectivity index (χ4v) is 3.61. The van der Waals surface area contributed by atoms with Crippen LogP contribution in [0.1, 0.15) is 11.1 Å². The smallest absolute Gasteiger partial charge is 0.174 e. The third-order valence-corrected chi connectivity index (χ3v) is 4.99. The molecule has 4 rings (SSSR count). The van der Waals surface area contributed by atoms with E-state index in [1.165, 1.54) is 23.9 Å². The summed E-state index contributed by atoms with van der Waals surface area (Å²) in [5.41, 5.74) is 3.69. The lowest BCUT2D eigenvalue weighted by Gasteiger charge is -2.04. The molecule has 0 saturated heterocycles. The zero-order valence-corrected chi connectivity index (χ0v) is 14.4. The molecule has 0 fully saturated rings. The molecule has 4 nitrogen and oxygen atoms in total. The minimum Gasteiger partial charge on any atom is -0.236 e. The van der Waals surface area contributed by atoms with E-state index in [4.69, 9.17) is 0 Å². The van der Waals surface area contributed by atoms with E-state index in [1.807, 2.05) is 30.3 Å². The molecule has 2 heterocycles. The number of hydrogen-bond donors (Lipinski definition) is 0. The molecular formula is C20H13FN4S. The highest BCUT2D eigenvalue weighted by Crippen LogP contribution is 2.29. The second-order valence-corrected chi connectivity index (χ2v) is 6.60. The van der Waals surface area contributed by atoms with Crippen LogP contribution in [0.2, 0.25) is 0 Å². The van der Waals surface area contributed by atoms with Gasteiger partial charge in [0.05, 0.1) is 5.69 Å². The molecule has 4 aromatic rings. The van der Waals surface area contributed by atoms with Gasteiger partial charge in [0.2, 0.25) is 0 Å². The van der Waals surface area contributed by atoms with Crippen molar-refractivity contribution in [2.75, 3.05) is 0 Å². The Morgan fingerprint density at radius 3 is 2.54 bits per heavy atom. The van der Waals surface area contributed by atoms with E-state index < -0.39 is 0 Å². The Morgan fingerprint density at radius 1 is 1.04 bits per heavy atom. The fourth-order valence-electron chi connectivity index (χ4n) is 2.69. The van der Waals surface area contributed by atoms with Crippen molar-refractivity contribution in [2.45, 2.75) is 10.8 Å². The van der Waals surface area contributed by atoms with Crippen molar-refractivity contribution >= 4 is 17.4 Å². The lowest BCUT2D eigenvalue weighted by molar-refractivity contribution is 0.628. The van der Waals surface area contributed by atoms with Crippen molar-refractivity contribution in [3.8, 4) is 17.3 Å². The fraction of sp³-hybridized carbons (Fsp3) is 0.0500. The highest BCUT2D eigenvalue weighted by atomic mass is 32.2. The predicted octanol–water partition coefficient (Wildman–Crippen LogP) is 4.70. The number of nitrogens with zero attached hydrogens (tertiary/aromatic N) is 4. The summed E-state index contributed by atoms with van der Waals surface area (Å²) in [4.78, 5) is 4.32. The van der Waals surface area contributed by atoms with Crippen LogP contribution < -0.4 is 0 Å². The lowest BCUT2D eigenvalue weighted by Crippen LogP contribution is -1.96. The zero-order valence-electron chi connectivity index (χ0n) is 13.6. The maximum absolute atomic E-state index is 13.2. The first-order valence-corrected chi connectivity index (χ1v) is 8.95. The monoisotopic (exact) mass is 360 g/mol. The molecule has 2 aromatic heterocycles. The van der Waals surface area contributed by atoms with Crippen LogP contribution in [0, 0.1) is 17.1 Å². The molecule has 0 aliphatic rings. The third kappa shape index (κ3) is 3.05. The van der Waals surface area contributed by atoms with Crippen molar-refractivity contribution in [3.05, 3.63) is 83.8 Å². The maximum Gasteiger partial charge on any atom is 0.174 e. The van der Waals surface area contributed by atoms with Gasteiger partial charge in [-0.3, -0.25) is 0 Å².